The summed E-state index contributed by atoms with van der Waals surface area (Å²) in [6.07, 6.45) is 0. The Morgan fingerprint density at radius 2 is 1.56 bits per heavy atom. The molecule has 2 nitrogen and oxygen atoms in total. The third-order valence-electron chi connectivity index (χ3n) is 3.64. The zero-order chi connectivity index (χ0) is 13.9. The van der Waals surface area contributed by atoms with E-state index in [4.69, 9.17) is 0 Å². The molecule has 1 aromatic rings. The van der Waals surface area contributed by atoms with Gasteiger partial charge >= 0.3 is 0 Å². The van der Waals surface area contributed by atoms with Gasteiger partial charge in [0, 0.05) is 12.1 Å². The molecule has 0 heterocycles. The van der Waals surface area contributed by atoms with Crippen molar-refractivity contribution >= 4 is 0 Å². The normalized spacial score (nSPS) is 14.9. The van der Waals surface area contributed by atoms with Crippen molar-refractivity contribution in [1.29, 1.82) is 0 Å². The Labute approximate surface area is 111 Å². The third-order valence-corrected chi connectivity index (χ3v) is 3.64. The van der Waals surface area contributed by atoms with Gasteiger partial charge in [0.25, 0.3) is 0 Å². The molecule has 0 saturated heterocycles. The van der Waals surface area contributed by atoms with Crippen LogP contribution >= 0.6 is 0 Å². The topological polar surface area (TPSA) is 32.3 Å². The fraction of sp³-hybridized carbons (Fsp3) is 0.625. The van der Waals surface area contributed by atoms with Crippen molar-refractivity contribution in [1.82, 2.24) is 5.32 Å². The van der Waals surface area contributed by atoms with E-state index in [9.17, 15) is 5.11 Å². The Balaban J connectivity index is 2.94. The van der Waals surface area contributed by atoms with Gasteiger partial charge in [0.1, 0.15) is 0 Å². The number of hydrogen-bond donors (Lipinski definition) is 2. The zero-order valence-corrected chi connectivity index (χ0v) is 12.5. The van der Waals surface area contributed by atoms with E-state index in [2.05, 4.69) is 59.0 Å². The third kappa shape index (κ3) is 3.56. The lowest BCUT2D eigenvalue weighted by Crippen LogP contribution is -2.39. The summed E-state index contributed by atoms with van der Waals surface area (Å²) in [5.74, 6) is 0.434. The minimum Gasteiger partial charge on any atom is -0.395 e. The van der Waals surface area contributed by atoms with E-state index in [0.717, 1.165) is 0 Å². The summed E-state index contributed by atoms with van der Waals surface area (Å²) in [4.78, 5) is 0. The molecule has 0 amide bonds. The van der Waals surface area contributed by atoms with Gasteiger partial charge in [-0.05, 0) is 50.3 Å². The second kappa shape index (κ2) is 6.35. The molecule has 102 valence electrons. The van der Waals surface area contributed by atoms with Gasteiger partial charge in [-0.15, -0.1) is 0 Å². The number of nitrogens with one attached hydrogen (secondary N) is 1. The van der Waals surface area contributed by atoms with Crippen molar-refractivity contribution in [3.05, 3.63) is 34.4 Å². The van der Waals surface area contributed by atoms with Gasteiger partial charge < -0.3 is 10.4 Å². The number of aryl methyl sites for hydroxylation is 3. The van der Waals surface area contributed by atoms with Crippen LogP contribution in [0.25, 0.3) is 0 Å². The monoisotopic (exact) mass is 249 g/mol. The highest BCUT2D eigenvalue weighted by atomic mass is 16.3. The Hall–Kier alpha value is -0.860. The molecule has 0 fully saturated rings. The number of rotatable bonds is 5. The largest absolute Gasteiger partial charge is 0.395 e. The van der Waals surface area contributed by atoms with Gasteiger partial charge in [0.15, 0.2) is 0 Å². The van der Waals surface area contributed by atoms with Crippen LogP contribution in [-0.2, 0) is 0 Å². The lowest BCUT2D eigenvalue weighted by atomic mass is 9.93. The molecule has 0 radical (unpaired) electrons. The van der Waals surface area contributed by atoms with Gasteiger partial charge in [-0.25, -0.2) is 0 Å². The molecule has 2 N–H and O–H groups in total. The molecule has 0 aliphatic carbocycles. The van der Waals surface area contributed by atoms with Gasteiger partial charge in [-0.1, -0.05) is 31.5 Å². The molecular formula is C16H27NO. The molecule has 0 saturated carbocycles. The summed E-state index contributed by atoms with van der Waals surface area (Å²) in [7, 11) is 0. The van der Waals surface area contributed by atoms with Crippen molar-refractivity contribution in [2.24, 2.45) is 5.92 Å². The number of benzene rings is 1. The average molecular weight is 249 g/mol. The van der Waals surface area contributed by atoms with Gasteiger partial charge in [-0.3, -0.25) is 0 Å². The van der Waals surface area contributed by atoms with E-state index in [0.29, 0.717) is 5.92 Å². The fourth-order valence-corrected chi connectivity index (χ4v) is 2.73. The van der Waals surface area contributed by atoms with Crippen molar-refractivity contribution in [3.63, 3.8) is 0 Å². The van der Waals surface area contributed by atoms with Crippen LogP contribution in [0.1, 0.15) is 49.1 Å². The predicted octanol–water partition coefficient (Wildman–Crippen LogP) is 3.28. The summed E-state index contributed by atoms with van der Waals surface area (Å²) >= 11 is 0. The molecule has 0 aliphatic rings. The van der Waals surface area contributed by atoms with Gasteiger partial charge in [0.05, 0.1) is 6.61 Å². The van der Waals surface area contributed by atoms with Crippen LogP contribution in [-0.4, -0.2) is 17.8 Å². The molecule has 0 aliphatic heterocycles. The predicted molar refractivity (Wildman–Crippen MR) is 77.9 cm³/mol. The van der Waals surface area contributed by atoms with E-state index in [1.807, 2.05) is 0 Å². The zero-order valence-electron chi connectivity index (χ0n) is 12.5. The first-order valence-corrected chi connectivity index (χ1v) is 6.81. The summed E-state index contributed by atoms with van der Waals surface area (Å²) in [6, 6.07) is 4.87. The Kier molecular flexibility index (Phi) is 5.36. The second-order valence-corrected chi connectivity index (χ2v) is 5.73. The fourth-order valence-electron chi connectivity index (χ4n) is 2.73. The first-order chi connectivity index (χ1) is 8.36. The second-order valence-electron chi connectivity index (χ2n) is 5.73. The molecule has 0 bridgehead atoms. The lowest BCUT2D eigenvalue weighted by Gasteiger charge is -2.27. The summed E-state index contributed by atoms with van der Waals surface area (Å²) in [6.45, 7) is 13.1. The van der Waals surface area contributed by atoms with Gasteiger partial charge in [-0.2, -0.15) is 0 Å². The van der Waals surface area contributed by atoms with Crippen molar-refractivity contribution in [2.45, 2.75) is 53.6 Å². The Morgan fingerprint density at radius 3 is 1.94 bits per heavy atom. The highest BCUT2D eigenvalue weighted by molar-refractivity contribution is 5.39. The first-order valence-electron chi connectivity index (χ1n) is 6.81. The molecule has 18 heavy (non-hydrogen) atoms. The molecular weight excluding hydrogens is 222 g/mol. The smallest absolute Gasteiger partial charge is 0.0587 e. The summed E-state index contributed by atoms with van der Waals surface area (Å²) < 4.78 is 0. The molecule has 0 aromatic heterocycles. The minimum atomic E-state index is 0.153. The molecule has 2 atom stereocenters. The van der Waals surface area contributed by atoms with Crippen LogP contribution < -0.4 is 5.32 Å². The number of aliphatic hydroxyl groups excluding tert-OH is 1. The van der Waals surface area contributed by atoms with E-state index >= 15 is 0 Å². The quantitative estimate of drug-likeness (QED) is 0.839. The SMILES string of the molecule is Cc1cc(C)c(C(C)N[C@H](CO)C(C)C)c(C)c1. The summed E-state index contributed by atoms with van der Waals surface area (Å²) in [5, 5.41) is 12.9. The standard InChI is InChI=1S/C16H27NO/c1-10(2)15(9-18)17-14(6)16-12(4)7-11(3)8-13(16)5/h7-8,10,14-15,17-18H,9H2,1-6H3/t14?,15-/m1/s1. The maximum absolute atomic E-state index is 9.41. The van der Waals surface area contributed by atoms with Crippen LogP contribution in [0.2, 0.25) is 0 Å². The first kappa shape index (κ1) is 15.2. The number of aliphatic hydroxyl groups is 1. The Bertz CT molecular complexity index is 375. The highest BCUT2D eigenvalue weighted by Gasteiger charge is 2.18. The Morgan fingerprint density at radius 1 is 1.06 bits per heavy atom. The van der Waals surface area contributed by atoms with E-state index < -0.39 is 0 Å². The molecule has 1 rings (SSSR count). The van der Waals surface area contributed by atoms with E-state index in [1.165, 1.54) is 22.3 Å². The van der Waals surface area contributed by atoms with Crippen molar-refractivity contribution in [3.8, 4) is 0 Å². The highest BCUT2D eigenvalue weighted by Crippen LogP contribution is 2.24. The number of hydrogen-bond acceptors (Lipinski definition) is 2. The van der Waals surface area contributed by atoms with E-state index in [-0.39, 0.29) is 18.7 Å². The lowest BCUT2D eigenvalue weighted by molar-refractivity contribution is 0.201. The van der Waals surface area contributed by atoms with Crippen LogP contribution in [0.4, 0.5) is 0 Å². The average Bonchev–Trinajstić information content (AvgIpc) is 2.23. The summed E-state index contributed by atoms with van der Waals surface area (Å²) in [5.41, 5.74) is 5.32. The molecule has 1 unspecified atom stereocenters. The van der Waals surface area contributed by atoms with Crippen LogP contribution in [0.5, 0.6) is 0 Å². The van der Waals surface area contributed by atoms with Gasteiger partial charge in [0.2, 0.25) is 0 Å². The maximum atomic E-state index is 9.41. The van der Waals surface area contributed by atoms with Crippen LogP contribution in [0, 0.1) is 26.7 Å². The van der Waals surface area contributed by atoms with Crippen LogP contribution in [0.3, 0.4) is 0 Å². The van der Waals surface area contributed by atoms with Crippen molar-refractivity contribution in [2.75, 3.05) is 6.61 Å². The maximum Gasteiger partial charge on any atom is 0.0587 e. The molecule has 2 heteroatoms. The molecule has 0 spiro atoms. The van der Waals surface area contributed by atoms with E-state index in [1.54, 1.807) is 0 Å². The van der Waals surface area contributed by atoms with Crippen molar-refractivity contribution < 1.29 is 5.11 Å². The van der Waals surface area contributed by atoms with Crippen LogP contribution in [0.15, 0.2) is 12.1 Å². The molecule has 1 aromatic carbocycles. The minimum absolute atomic E-state index is 0.153.